The molecule has 2 nitrogen and oxygen atoms in total. The molecule has 0 bridgehead atoms. The van der Waals surface area contributed by atoms with Crippen LogP contribution in [0.2, 0.25) is 0 Å². The molecule has 18 heavy (non-hydrogen) atoms. The van der Waals surface area contributed by atoms with Gasteiger partial charge in [0.2, 0.25) is 0 Å². The van der Waals surface area contributed by atoms with E-state index in [1.54, 1.807) is 0 Å². The molecule has 1 saturated heterocycles. The molecule has 106 valence electrons. The van der Waals surface area contributed by atoms with E-state index in [9.17, 15) is 0 Å². The van der Waals surface area contributed by atoms with Crippen molar-refractivity contribution < 1.29 is 0 Å². The van der Waals surface area contributed by atoms with Crippen LogP contribution in [0.5, 0.6) is 0 Å². The molecule has 0 aromatic heterocycles. The number of piperazine rings is 1. The highest BCUT2D eigenvalue weighted by molar-refractivity contribution is 7.99. The molecule has 2 fully saturated rings. The van der Waals surface area contributed by atoms with Crippen molar-refractivity contribution in [2.75, 3.05) is 25.9 Å². The molecule has 2 rings (SSSR count). The number of hydrogen-bond donors (Lipinski definition) is 1. The van der Waals surface area contributed by atoms with Crippen LogP contribution in [0, 0.1) is 5.92 Å². The Kier molecular flexibility index (Phi) is 4.35. The van der Waals surface area contributed by atoms with E-state index in [4.69, 9.17) is 0 Å². The third-order valence-corrected chi connectivity index (χ3v) is 6.11. The van der Waals surface area contributed by atoms with Crippen LogP contribution in [-0.4, -0.2) is 47.1 Å². The molecule has 0 aromatic rings. The highest BCUT2D eigenvalue weighted by atomic mass is 32.2. The van der Waals surface area contributed by atoms with E-state index in [-0.39, 0.29) is 0 Å². The normalized spacial score (nSPS) is 34.8. The van der Waals surface area contributed by atoms with Gasteiger partial charge >= 0.3 is 0 Å². The zero-order chi connectivity index (χ0) is 13.4. The Morgan fingerprint density at radius 1 is 1.39 bits per heavy atom. The molecular weight excluding hydrogens is 240 g/mol. The predicted octanol–water partition coefficient (Wildman–Crippen LogP) is 2.98. The Bertz CT molecular complexity index is 288. The predicted molar refractivity (Wildman–Crippen MR) is 82.4 cm³/mol. The van der Waals surface area contributed by atoms with Gasteiger partial charge in [0.1, 0.15) is 0 Å². The molecule has 1 aliphatic carbocycles. The Labute approximate surface area is 117 Å². The van der Waals surface area contributed by atoms with E-state index in [0.717, 1.165) is 12.0 Å². The molecule has 1 heterocycles. The van der Waals surface area contributed by atoms with Crippen LogP contribution in [0.3, 0.4) is 0 Å². The topological polar surface area (TPSA) is 15.3 Å². The van der Waals surface area contributed by atoms with E-state index in [1.165, 1.54) is 38.9 Å². The maximum atomic E-state index is 3.84. The van der Waals surface area contributed by atoms with Crippen LogP contribution >= 0.6 is 11.8 Å². The summed E-state index contributed by atoms with van der Waals surface area (Å²) < 4.78 is 0.370. The smallest absolute Gasteiger partial charge is 0.0309 e. The number of thioether (sulfide) groups is 1. The molecule has 2 atom stereocenters. The van der Waals surface area contributed by atoms with E-state index in [2.05, 4.69) is 44.2 Å². The maximum Gasteiger partial charge on any atom is 0.0309 e. The van der Waals surface area contributed by atoms with E-state index in [1.807, 2.05) is 11.8 Å². The first-order valence-electron chi connectivity index (χ1n) is 7.44. The second-order valence-electron chi connectivity index (χ2n) is 7.00. The summed E-state index contributed by atoms with van der Waals surface area (Å²) in [5.74, 6) is 0.926. The molecule has 0 amide bonds. The standard InChI is InChI=1S/C15H30N2S/c1-6-13-9-16-15(4,12-7-8-12)11-17(13)10-14(2,3)18-5/h12-13,16H,6-11H2,1-5H3. The zero-order valence-electron chi connectivity index (χ0n) is 12.8. The number of hydrogen-bond acceptors (Lipinski definition) is 3. The van der Waals surface area contributed by atoms with Crippen molar-refractivity contribution in [3.63, 3.8) is 0 Å². The molecule has 0 aromatic carbocycles. The summed E-state index contributed by atoms with van der Waals surface area (Å²) in [6.07, 6.45) is 6.36. The highest BCUT2D eigenvalue weighted by Crippen LogP contribution is 2.42. The van der Waals surface area contributed by atoms with E-state index >= 15 is 0 Å². The second-order valence-corrected chi connectivity index (χ2v) is 8.52. The summed E-state index contributed by atoms with van der Waals surface area (Å²) in [7, 11) is 0. The first kappa shape index (κ1) is 14.7. The fraction of sp³-hybridized carbons (Fsp3) is 1.00. The summed E-state index contributed by atoms with van der Waals surface area (Å²) in [6.45, 7) is 13.1. The van der Waals surface area contributed by atoms with Gasteiger partial charge in [0.25, 0.3) is 0 Å². The summed E-state index contributed by atoms with van der Waals surface area (Å²) in [6, 6.07) is 0.725. The minimum absolute atomic E-state index is 0.370. The van der Waals surface area contributed by atoms with E-state index in [0.29, 0.717) is 10.3 Å². The zero-order valence-corrected chi connectivity index (χ0v) is 13.6. The minimum atomic E-state index is 0.370. The van der Waals surface area contributed by atoms with Gasteiger partial charge in [-0.3, -0.25) is 4.90 Å². The average Bonchev–Trinajstić information content (AvgIpc) is 3.13. The number of nitrogens with one attached hydrogen (secondary N) is 1. The van der Waals surface area contributed by atoms with E-state index < -0.39 is 0 Å². The van der Waals surface area contributed by atoms with Gasteiger partial charge in [-0.2, -0.15) is 11.8 Å². The van der Waals surface area contributed by atoms with Crippen LogP contribution in [0.25, 0.3) is 0 Å². The van der Waals surface area contributed by atoms with Gasteiger partial charge in [-0.1, -0.05) is 6.92 Å². The van der Waals surface area contributed by atoms with Crippen molar-refractivity contribution >= 4 is 11.8 Å². The Balaban J connectivity index is 2.03. The van der Waals surface area contributed by atoms with Gasteiger partial charge in [0.15, 0.2) is 0 Å². The molecule has 0 radical (unpaired) electrons. The lowest BCUT2D eigenvalue weighted by atomic mass is 9.90. The van der Waals surface area contributed by atoms with Crippen molar-refractivity contribution in [3.05, 3.63) is 0 Å². The molecule has 3 heteroatoms. The summed E-state index contributed by atoms with van der Waals surface area (Å²) in [5, 5.41) is 3.84. The van der Waals surface area contributed by atoms with Crippen molar-refractivity contribution in [2.45, 2.75) is 63.3 Å². The Morgan fingerprint density at radius 2 is 2.06 bits per heavy atom. The van der Waals surface area contributed by atoms with Gasteiger partial charge in [0.05, 0.1) is 0 Å². The van der Waals surface area contributed by atoms with Gasteiger partial charge in [-0.25, -0.2) is 0 Å². The molecule has 1 aliphatic heterocycles. The van der Waals surface area contributed by atoms with Gasteiger partial charge in [-0.05, 0) is 52.2 Å². The second kappa shape index (κ2) is 5.34. The third-order valence-electron chi connectivity index (χ3n) is 4.88. The largest absolute Gasteiger partial charge is 0.308 e. The summed E-state index contributed by atoms with van der Waals surface area (Å²) in [4.78, 5) is 2.76. The molecule has 0 spiro atoms. The molecule has 2 unspecified atom stereocenters. The fourth-order valence-corrected chi connectivity index (χ4v) is 3.52. The highest BCUT2D eigenvalue weighted by Gasteiger charge is 2.46. The first-order chi connectivity index (χ1) is 8.40. The monoisotopic (exact) mass is 270 g/mol. The van der Waals surface area contributed by atoms with Gasteiger partial charge < -0.3 is 5.32 Å². The number of nitrogens with zero attached hydrogens (tertiary/aromatic N) is 1. The SMILES string of the molecule is CCC1CNC(C)(C2CC2)CN1CC(C)(C)SC. The van der Waals surface area contributed by atoms with Crippen molar-refractivity contribution in [1.29, 1.82) is 0 Å². The molecule has 2 aliphatic rings. The number of rotatable bonds is 5. The van der Waals surface area contributed by atoms with Crippen LogP contribution in [0.15, 0.2) is 0 Å². The molecule has 1 saturated carbocycles. The van der Waals surface area contributed by atoms with Crippen LogP contribution in [0.1, 0.15) is 47.0 Å². The molecule has 1 N–H and O–H groups in total. The first-order valence-corrected chi connectivity index (χ1v) is 8.67. The van der Waals surface area contributed by atoms with Crippen molar-refractivity contribution in [1.82, 2.24) is 10.2 Å². The van der Waals surface area contributed by atoms with Crippen molar-refractivity contribution in [3.8, 4) is 0 Å². The Morgan fingerprint density at radius 3 is 2.56 bits per heavy atom. The van der Waals surface area contributed by atoms with Crippen LogP contribution < -0.4 is 5.32 Å². The molecular formula is C15H30N2S. The summed E-state index contributed by atoms with van der Waals surface area (Å²) >= 11 is 2.00. The lowest BCUT2D eigenvalue weighted by Crippen LogP contribution is -2.65. The van der Waals surface area contributed by atoms with Crippen molar-refractivity contribution in [2.24, 2.45) is 5.92 Å². The minimum Gasteiger partial charge on any atom is -0.308 e. The summed E-state index contributed by atoms with van der Waals surface area (Å²) in [5.41, 5.74) is 0.375. The average molecular weight is 270 g/mol. The van der Waals surface area contributed by atoms with Crippen LogP contribution in [-0.2, 0) is 0 Å². The fourth-order valence-electron chi connectivity index (χ4n) is 3.22. The maximum absolute atomic E-state index is 3.84. The van der Waals surface area contributed by atoms with Gasteiger partial charge in [0, 0.05) is 36.0 Å². The quantitative estimate of drug-likeness (QED) is 0.827. The van der Waals surface area contributed by atoms with Gasteiger partial charge in [-0.15, -0.1) is 0 Å². The van der Waals surface area contributed by atoms with Crippen LogP contribution in [0.4, 0.5) is 0 Å². The Hall–Kier alpha value is 0.270. The lowest BCUT2D eigenvalue weighted by molar-refractivity contribution is 0.0673. The third kappa shape index (κ3) is 3.23. The lowest BCUT2D eigenvalue weighted by Gasteiger charge is -2.48.